The third-order valence-electron chi connectivity index (χ3n) is 5.67. The summed E-state index contributed by atoms with van der Waals surface area (Å²) in [6.45, 7) is 7.92. The highest BCUT2D eigenvalue weighted by Gasteiger charge is 2.35. The monoisotopic (exact) mass is 432 g/mol. The minimum absolute atomic E-state index is 0.166. The molecule has 0 bridgehead atoms. The summed E-state index contributed by atoms with van der Waals surface area (Å²) in [6.07, 6.45) is 0. The highest BCUT2D eigenvalue weighted by Crippen LogP contribution is 2.27. The molecule has 9 nitrogen and oxygen atoms in total. The zero-order valence-electron chi connectivity index (χ0n) is 18.4. The summed E-state index contributed by atoms with van der Waals surface area (Å²) >= 11 is 0. The number of hydrazone groups is 2. The van der Waals surface area contributed by atoms with Gasteiger partial charge in [0.05, 0.1) is 34.9 Å². The lowest BCUT2D eigenvalue weighted by Crippen LogP contribution is -2.30. The van der Waals surface area contributed by atoms with E-state index in [1.54, 1.807) is 30.1 Å². The Morgan fingerprint density at radius 2 is 1.75 bits per heavy atom. The van der Waals surface area contributed by atoms with E-state index in [-0.39, 0.29) is 17.5 Å². The molecule has 2 unspecified atom stereocenters. The van der Waals surface area contributed by atoms with Crippen molar-refractivity contribution in [1.82, 2.24) is 0 Å². The van der Waals surface area contributed by atoms with Crippen LogP contribution in [0, 0.1) is 13.8 Å². The maximum Gasteiger partial charge on any atom is 0.337 e. The predicted molar refractivity (Wildman–Crippen MR) is 123 cm³/mol. The predicted octanol–water partition coefficient (Wildman–Crippen LogP) is 3.81. The molecular weight excluding hydrogens is 408 g/mol. The van der Waals surface area contributed by atoms with E-state index >= 15 is 0 Å². The summed E-state index contributed by atoms with van der Waals surface area (Å²) in [7, 11) is 0. The van der Waals surface area contributed by atoms with Crippen molar-refractivity contribution in [2.24, 2.45) is 20.4 Å². The number of carbonyl (C=O) groups is 2. The largest absolute Gasteiger partial charge is 0.478 e. The van der Waals surface area contributed by atoms with Gasteiger partial charge in [0.25, 0.3) is 5.91 Å². The molecule has 2 aliphatic heterocycles. The van der Waals surface area contributed by atoms with Crippen molar-refractivity contribution in [3.63, 3.8) is 0 Å². The summed E-state index contributed by atoms with van der Waals surface area (Å²) in [5, 5.41) is 29.9. The number of rotatable bonds is 5. The van der Waals surface area contributed by atoms with Gasteiger partial charge in [-0.3, -0.25) is 9.80 Å². The van der Waals surface area contributed by atoms with E-state index in [4.69, 9.17) is 0 Å². The van der Waals surface area contributed by atoms with Crippen molar-refractivity contribution in [2.45, 2.75) is 39.8 Å². The van der Waals surface area contributed by atoms with Gasteiger partial charge in [-0.25, -0.2) is 4.79 Å². The van der Waals surface area contributed by atoms with Gasteiger partial charge < -0.3 is 5.11 Å². The van der Waals surface area contributed by atoms with E-state index < -0.39 is 12.0 Å². The molecule has 2 aromatic rings. The molecule has 2 aliphatic rings. The number of azo groups is 1. The lowest BCUT2D eigenvalue weighted by atomic mass is 10.1. The van der Waals surface area contributed by atoms with Crippen LogP contribution in [0.15, 0.2) is 62.9 Å². The van der Waals surface area contributed by atoms with Crippen LogP contribution >= 0.6 is 0 Å². The Kier molecular flexibility index (Phi) is 5.56. The van der Waals surface area contributed by atoms with E-state index in [2.05, 4.69) is 20.4 Å². The lowest BCUT2D eigenvalue weighted by molar-refractivity contribution is -0.117. The standard InChI is InChI=1S/C23H24N6O3/c1-13-9-10-17(11-14(13)2)29-22(30)21(16(4)27-29)25-24-19-12-28(26-15(19)3)20-8-6-5-7-18(20)23(31)32/h5-11,19,21H,12H2,1-4H3,(H,31,32). The normalized spacial score (nSPS) is 20.8. The zero-order valence-corrected chi connectivity index (χ0v) is 18.4. The molecule has 4 rings (SSSR count). The third kappa shape index (κ3) is 3.89. The van der Waals surface area contributed by atoms with Crippen LogP contribution in [0.4, 0.5) is 11.4 Å². The molecule has 0 aromatic heterocycles. The number of carboxylic acid groups (broad SMARTS) is 1. The maximum atomic E-state index is 13.0. The molecule has 164 valence electrons. The smallest absolute Gasteiger partial charge is 0.337 e. The summed E-state index contributed by atoms with van der Waals surface area (Å²) < 4.78 is 0. The quantitative estimate of drug-likeness (QED) is 0.724. The second-order valence-electron chi connectivity index (χ2n) is 7.96. The fourth-order valence-corrected chi connectivity index (χ4v) is 3.62. The van der Waals surface area contributed by atoms with Crippen molar-refractivity contribution < 1.29 is 14.7 Å². The van der Waals surface area contributed by atoms with E-state index in [1.807, 2.05) is 39.0 Å². The van der Waals surface area contributed by atoms with Crippen LogP contribution < -0.4 is 10.0 Å². The van der Waals surface area contributed by atoms with E-state index in [1.165, 1.54) is 11.1 Å². The first-order valence-corrected chi connectivity index (χ1v) is 10.3. The molecule has 0 radical (unpaired) electrons. The number of anilines is 2. The SMILES string of the molecule is CC1=NN(c2ccccc2C(=O)O)CC1N=NC1C(=O)N(c2ccc(C)c(C)c2)N=C1C. The molecule has 9 heteroatoms. The van der Waals surface area contributed by atoms with Crippen LogP contribution in [0.25, 0.3) is 0 Å². The third-order valence-corrected chi connectivity index (χ3v) is 5.67. The minimum Gasteiger partial charge on any atom is -0.478 e. The van der Waals surface area contributed by atoms with Crippen LogP contribution in [0.2, 0.25) is 0 Å². The molecule has 0 saturated heterocycles. The first-order chi connectivity index (χ1) is 15.3. The summed E-state index contributed by atoms with van der Waals surface area (Å²) in [4.78, 5) is 24.5. The molecule has 32 heavy (non-hydrogen) atoms. The van der Waals surface area contributed by atoms with Crippen LogP contribution in [0.5, 0.6) is 0 Å². The van der Waals surface area contributed by atoms with Crippen molar-refractivity contribution in [2.75, 3.05) is 16.6 Å². The molecule has 0 aliphatic carbocycles. The molecule has 1 N–H and O–H groups in total. The van der Waals surface area contributed by atoms with Crippen molar-refractivity contribution in [3.05, 3.63) is 59.2 Å². The molecule has 0 spiro atoms. The van der Waals surface area contributed by atoms with Crippen LogP contribution in [-0.2, 0) is 4.79 Å². The number of nitrogens with zero attached hydrogens (tertiary/aromatic N) is 6. The number of benzene rings is 2. The van der Waals surface area contributed by atoms with E-state index in [0.29, 0.717) is 29.3 Å². The van der Waals surface area contributed by atoms with Gasteiger partial charge in [-0.15, -0.1) is 0 Å². The minimum atomic E-state index is -1.02. The number of carbonyl (C=O) groups excluding carboxylic acids is 1. The highest BCUT2D eigenvalue weighted by molar-refractivity contribution is 6.18. The number of hydrogen-bond acceptors (Lipinski definition) is 7. The second-order valence-corrected chi connectivity index (χ2v) is 7.96. The number of aryl methyl sites for hydroxylation is 2. The number of carboxylic acids is 1. The molecule has 0 fully saturated rings. The number of para-hydroxylation sites is 1. The lowest BCUT2D eigenvalue weighted by Gasteiger charge is -2.16. The van der Waals surface area contributed by atoms with E-state index in [0.717, 1.165) is 11.1 Å². The molecular formula is C23H24N6O3. The fraction of sp³-hybridized carbons (Fsp3) is 0.304. The Labute approximate surface area is 185 Å². The Balaban J connectivity index is 1.50. The second kappa shape index (κ2) is 8.33. The van der Waals surface area contributed by atoms with Crippen molar-refractivity contribution >= 4 is 34.7 Å². The van der Waals surface area contributed by atoms with Crippen LogP contribution in [0.1, 0.15) is 35.3 Å². The van der Waals surface area contributed by atoms with Crippen molar-refractivity contribution in [1.29, 1.82) is 0 Å². The highest BCUT2D eigenvalue weighted by atomic mass is 16.4. The van der Waals surface area contributed by atoms with Crippen LogP contribution in [0.3, 0.4) is 0 Å². The van der Waals surface area contributed by atoms with Gasteiger partial charge in [0.15, 0.2) is 6.04 Å². The number of aromatic carboxylic acids is 1. The summed E-state index contributed by atoms with van der Waals surface area (Å²) in [5.74, 6) is -1.27. The van der Waals surface area contributed by atoms with Gasteiger partial charge in [-0.2, -0.15) is 25.4 Å². The average Bonchev–Trinajstić information content (AvgIpc) is 3.27. The van der Waals surface area contributed by atoms with Crippen LogP contribution in [-0.4, -0.2) is 47.0 Å². The molecule has 2 aromatic carbocycles. The Bertz CT molecular complexity index is 1190. The number of hydrogen-bond donors (Lipinski definition) is 1. The first kappa shape index (κ1) is 21.4. The molecule has 2 heterocycles. The molecule has 2 atom stereocenters. The maximum absolute atomic E-state index is 13.0. The van der Waals surface area contributed by atoms with Gasteiger partial charge in [0, 0.05) is 0 Å². The van der Waals surface area contributed by atoms with E-state index in [9.17, 15) is 14.7 Å². The number of amides is 1. The Morgan fingerprint density at radius 1 is 1.00 bits per heavy atom. The fourth-order valence-electron chi connectivity index (χ4n) is 3.62. The van der Waals surface area contributed by atoms with Gasteiger partial charge in [0.2, 0.25) is 0 Å². The molecule has 0 saturated carbocycles. The van der Waals surface area contributed by atoms with Gasteiger partial charge >= 0.3 is 5.97 Å². The van der Waals surface area contributed by atoms with Crippen molar-refractivity contribution in [3.8, 4) is 0 Å². The average molecular weight is 432 g/mol. The molecule has 1 amide bonds. The van der Waals surface area contributed by atoms with Gasteiger partial charge in [-0.1, -0.05) is 18.2 Å². The van der Waals surface area contributed by atoms with Gasteiger partial charge in [-0.05, 0) is 63.1 Å². The van der Waals surface area contributed by atoms with Gasteiger partial charge in [0.1, 0.15) is 6.04 Å². The Morgan fingerprint density at radius 3 is 2.47 bits per heavy atom. The zero-order chi connectivity index (χ0) is 23.0. The summed E-state index contributed by atoms with van der Waals surface area (Å²) in [5.41, 5.74) is 4.84. The topological polar surface area (TPSA) is 110 Å². The first-order valence-electron chi connectivity index (χ1n) is 10.3. The summed E-state index contributed by atoms with van der Waals surface area (Å²) in [6, 6.07) is 11.3. The Hall–Kier alpha value is -3.88.